The van der Waals surface area contributed by atoms with Gasteiger partial charge in [-0.1, -0.05) is 43.9 Å². The molecule has 3 aliphatic carbocycles. The van der Waals surface area contributed by atoms with Crippen molar-refractivity contribution in [3.8, 4) is 0 Å². The number of cyclic esters (lactones) is 5. The molecule has 6 fully saturated rings. The molecule has 2 saturated carbocycles. The van der Waals surface area contributed by atoms with Crippen molar-refractivity contribution in [3.05, 3.63) is 193 Å². The van der Waals surface area contributed by atoms with E-state index in [2.05, 4.69) is 34.4 Å². The van der Waals surface area contributed by atoms with Gasteiger partial charge in [0.25, 0.3) is 5.95 Å². The fraction of sp³-hybridized carbons (Fsp3) is 0.358. The van der Waals surface area contributed by atoms with Crippen LogP contribution in [0, 0.1) is 5.92 Å². The molecule has 4 saturated heterocycles. The topological polar surface area (TPSA) is 438 Å². The summed E-state index contributed by atoms with van der Waals surface area (Å²) in [4.78, 5) is 187. The Morgan fingerprint density at radius 3 is 1.39 bits per heavy atom. The van der Waals surface area contributed by atoms with Crippen LogP contribution in [0.3, 0.4) is 0 Å². The third-order valence-corrected chi connectivity index (χ3v) is 13.0. The van der Waals surface area contributed by atoms with Crippen LogP contribution >= 0.6 is 0 Å². The highest BCUT2D eigenvalue weighted by molar-refractivity contribution is 6.19. The normalized spacial score (nSPS) is 22.0. The zero-order chi connectivity index (χ0) is 62.2. The minimum Gasteiger partial charge on any atom is -0.458 e. The van der Waals surface area contributed by atoms with Gasteiger partial charge in [0.1, 0.15) is 38.1 Å². The average molecular weight is 1230 g/mol. The van der Waals surface area contributed by atoms with Gasteiger partial charge in [-0.25, -0.2) is 80.1 Å². The lowest BCUT2D eigenvalue weighted by molar-refractivity contribution is -0.140. The van der Waals surface area contributed by atoms with E-state index in [1.807, 2.05) is 0 Å². The molecule has 0 aromatic carbocycles. The van der Waals surface area contributed by atoms with Gasteiger partial charge < -0.3 is 60.3 Å². The summed E-state index contributed by atoms with van der Waals surface area (Å²) >= 11 is 0. The molecule has 0 amide bonds. The number of aromatic nitrogens is 6. The summed E-state index contributed by atoms with van der Waals surface area (Å²) in [5.41, 5.74) is -4.98. The molecule has 12 rings (SSSR count). The first-order valence-electron chi connectivity index (χ1n) is 25.6. The van der Waals surface area contributed by atoms with Gasteiger partial charge in [0, 0.05) is 12.0 Å². The van der Waals surface area contributed by atoms with Crippen molar-refractivity contribution in [1.29, 1.82) is 0 Å². The molecule has 5 aliphatic heterocycles. The lowest BCUT2D eigenvalue weighted by Crippen LogP contribution is -2.54. The van der Waals surface area contributed by atoms with E-state index in [0.717, 1.165) is 32.5 Å². The molecule has 0 N–H and O–H groups in total. The molecule has 464 valence electrons. The SMILES string of the molecule is C.C=C1OC=C(Cn2c(=O)n(Cc3coc(=O)o3)c(=O)n(Cc3coc(=O)o3)c2=O)O1.O=C1CC(=O)C2C=CC=C12.O=C1CCC(/C=C/Cn2c(=O)n(C/C=C/C3COC(=O)O3)c(=O)n(C/C=C/C3COC(=O)O3)c2=O)O1.O=C1OC2C(=O)CC(=O)C2O1. The van der Waals surface area contributed by atoms with Crippen LogP contribution in [0.2, 0.25) is 0 Å². The molecule has 6 atom stereocenters. The first-order valence-corrected chi connectivity index (χ1v) is 25.6. The van der Waals surface area contributed by atoms with Crippen molar-refractivity contribution >= 4 is 47.6 Å². The second-order valence-corrected chi connectivity index (χ2v) is 18.8. The zero-order valence-electron chi connectivity index (χ0n) is 44.6. The number of rotatable bonds is 15. The van der Waals surface area contributed by atoms with Crippen LogP contribution in [0.1, 0.15) is 44.6 Å². The minimum atomic E-state index is -1.06. The molecular formula is C53H48N6O29. The minimum absolute atomic E-state index is 0. The number of nitrogens with zero attached hydrogens (tertiary/aromatic N) is 6. The van der Waals surface area contributed by atoms with Crippen molar-refractivity contribution < 1.29 is 98.7 Å². The predicted octanol–water partition coefficient (Wildman–Crippen LogP) is -0.954. The summed E-state index contributed by atoms with van der Waals surface area (Å²) < 4.78 is 66.0. The quantitative estimate of drug-likeness (QED) is 0.0599. The second-order valence-electron chi connectivity index (χ2n) is 18.8. The van der Waals surface area contributed by atoms with Crippen molar-refractivity contribution in [2.24, 2.45) is 5.92 Å². The van der Waals surface area contributed by atoms with Gasteiger partial charge in [0.05, 0.1) is 58.0 Å². The average Bonchev–Trinajstić information content (AvgIpc) is 2.26. The maximum absolute atomic E-state index is 13.0. The first-order chi connectivity index (χ1) is 41.6. The lowest BCUT2D eigenvalue weighted by atomic mass is 10.1. The van der Waals surface area contributed by atoms with E-state index in [1.165, 1.54) is 30.4 Å². The fourth-order valence-corrected chi connectivity index (χ4v) is 8.88. The summed E-state index contributed by atoms with van der Waals surface area (Å²) in [6, 6.07) is 0. The standard InChI is InChI=1S/C22H23N3O11.C16H11N3O11.C8H6O2.C6H4O5.CH4/c26-17-8-7-14(34-17)4-1-9-23-18(27)24(10-2-5-15-12-32-21(30)35-15)20(29)25(19(23)28)11-3-6-16-13-33-22(31)36-16;1-8-25-5-9(28-8)2-17-12(20)18(3-10-6-26-15(23)29-10)14(22)19(13(17)21)4-11-7-27-16(24)30-11;9-7-4-8(10)6-3-1-2-5(6)7;7-2-1-3(8)5-4(2)10-6(9)11-5;/h1-6,14-16H,7-13H2;5-7H,1-4H2;1-3,5H,4H2;4-5H,1H2;1H4/b4-1+,5-2+,6-3+;;;;. The van der Waals surface area contributed by atoms with Crippen molar-refractivity contribution in [3.63, 3.8) is 0 Å². The van der Waals surface area contributed by atoms with E-state index in [-0.39, 0.29) is 118 Å². The molecule has 9 heterocycles. The molecule has 35 heteroatoms. The fourth-order valence-electron chi connectivity index (χ4n) is 8.88. The Kier molecular flexibility index (Phi) is 19.3. The number of ketones is 4. The Bertz CT molecular complexity index is 3910. The predicted molar refractivity (Wildman–Crippen MR) is 281 cm³/mol. The van der Waals surface area contributed by atoms with Gasteiger partial charge in [-0.15, -0.1) is 0 Å². The molecule has 0 radical (unpaired) electrons. The third kappa shape index (κ3) is 14.6. The van der Waals surface area contributed by atoms with Gasteiger partial charge in [0.15, 0.2) is 52.6 Å². The highest BCUT2D eigenvalue weighted by atomic mass is 16.8. The number of fused-ring (bicyclic) bond motifs is 2. The molecule has 35 nitrogen and oxygen atoms in total. The summed E-state index contributed by atoms with van der Waals surface area (Å²) in [6.07, 6.45) is 11.7. The molecular weight excluding hydrogens is 1180 g/mol. The maximum atomic E-state index is 13.0. The molecule has 4 aromatic rings. The van der Waals surface area contributed by atoms with Crippen LogP contribution in [0.4, 0.5) is 14.4 Å². The number of hydrogen-bond donors (Lipinski definition) is 0. The monoisotopic (exact) mass is 1230 g/mol. The van der Waals surface area contributed by atoms with Gasteiger partial charge >= 0.3 is 70.2 Å². The Balaban J connectivity index is 0.000000171. The van der Waals surface area contributed by atoms with E-state index < -0.39 is 114 Å². The Labute approximate surface area is 487 Å². The Morgan fingerprint density at radius 2 is 0.989 bits per heavy atom. The number of ether oxygens (including phenoxy) is 9. The van der Waals surface area contributed by atoms with Crippen LogP contribution in [0.15, 0.2) is 153 Å². The van der Waals surface area contributed by atoms with Crippen LogP contribution < -0.4 is 45.8 Å². The van der Waals surface area contributed by atoms with E-state index >= 15 is 0 Å². The van der Waals surface area contributed by atoms with Gasteiger partial charge in [-0.3, -0.25) is 24.0 Å². The number of esters is 1. The Morgan fingerprint density at radius 1 is 0.523 bits per heavy atom. The smallest absolute Gasteiger partial charge is 0.458 e. The molecule has 4 aromatic heterocycles. The van der Waals surface area contributed by atoms with Crippen LogP contribution in [0.25, 0.3) is 0 Å². The molecule has 0 bridgehead atoms. The summed E-state index contributed by atoms with van der Waals surface area (Å²) in [5, 5.41) is 0. The van der Waals surface area contributed by atoms with E-state index in [4.69, 9.17) is 32.5 Å². The molecule has 6 unspecified atom stereocenters. The number of Topliss-reactive ketones (excluding diaryl/α,β-unsaturated/α-hetero) is 4. The van der Waals surface area contributed by atoms with Gasteiger partial charge in [-0.2, -0.15) is 0 Å². The number of carbonyl (C=O) groups is 8. The van der Waals surface area contributed by atoms with E-state index in [9.17, 15) is 76.7 Å². The molecule has 0 spiro atoms. The number of allylic oxidation sites excluding steroid dienone is 8. The van der Waals surface area contributed by atoms with Crippen LogP contribution in [0.5, 0.6) is 0 Å². The highest BCUT2D eigenvalue weighted by Gasteiger charge is 2.52. The zero-order valence-corrected chi connectivity index (χ0v) is 44.6. The maximum Gasteiger partial charge on any atom is 0.518 e. The van der Waals surface area contributed by atoms with Crippen molar-refractivity contribution in [1.82, 2.24) is 27.4 Å². The van der Waals surface area contributed by atoms with Gasteiger partial charge in [-0.05, 0) is 31.2 Å². The largest absolute Gasteiger partial charge is 0.518 e. The highest BCUT2D eigenvalue weighted by Crippen LogP contribution is 2.30. The summed E-state index contributed by atoms with van der Waals surface area (Å²) in [5.74, 6) is -3.55. The second kappa shape index (κ2) is 27.1. The third-order valence-electron chi connectivity index (χ3n) is 13.0. The number of carbonyl (C=O) groups excluding carboxylic acids is 8. The van der Waals surface area contributed by atoms with Gasteiger partial charge in [0.2, 0.25) is 12.2 Å². The van der Waals surface area contributed by atoms with Crippen molar-refractivity contribution in [2.45, 2.75) is 103 Å². The molecule has 88 heavy (non-hydrogen) atoms. The van der Waals surface area contributed by atoms with Crippen LogP contribution in [-0.4, -0.2) is 119 Å². The Hall–Kier alpha value is -11.4. The number of hydrogen-bond acceptors (Lipinski definition) is 29. The van der Waals surface area contributed by atoms with Crippen LogP contribution in [-0.2, 0) is 106 Å². The van der Waals surface area contributed by atoms with E-state index in [0.29, 0.717) is 25.7 Å². The first kappa shape index (κ1) is 62.6. The lowest BCUT2D eigenvalue weighted by Gasteiger charge is -2.12. The van der Waals surface area contributed by atoms with Crippen molar-refractivity contribution in [2.75, 3.05) is 13.2 Å². The summed E-state index contributed by atoms with van der Waals surface area (Å²) in [7, 11) is 0. The summed E-state index contributed by atoms with van der Waals surface area (Å²) in [6.45, 7) is 1.45. The van der Waals surface area contributed by atoms with E-state index in [1.54, 1.807) is 24.3 Å². The molecule has 8 aliphatic rings.